The molecule has 0 aliphatic carbocycles. The molecular weight excluding hydrogens is 352 g/mol. The van der Waals surface area contributed by atoms with Crippen molar-refractivity contribution in [3.05, 3.63) is 45.7 Å². The van der Waals surface area contributed by atoms with Crippen molar-refractivity contribution in [3.63, 3.8) is 0 Å². The van der Waals surface area contributed by atoms with Crippen LogP contribution < -0.4 is 5.32 Å². The molecule has 134 valence electrons. The highest BCUT2D eigenvalue weighted by atomic mass is 35.5. The first-order chi connectivity index (χ1) is 12.5. The predicted molar refractivity (Wildman–Crippen MR) is 103 cm³/mol. The van der Waals surface area contributed by atoms with Crippen LogP contribution in [0.5, 0.6) is 0 Å². The SMILES string of the molecule is CC[C@@H]1CN2C=Nc3oc(C)c(C(=O)Nc4cccc(Cl)c4C)c3C2=N1. The smallest absolute Gasteiger partial charge is 0.260 e. The van der Waals surface area contributed by atoms with Crippen molar-refractivity contribution in [2.24, 2.45) is 9.98 Å². The Morgan fingerprint density at radius 2 is 2.23 bits per heavy atom. The molecule has 1 atom stereocenters. The van der Waals surface area contributed by atoms with Crippen LogP contribution in [-0.2, 0) is 0 Å². The molecule has 1 aromatic carbocycles. The monoisotopic (exact) mass is 370 g/mol. The Morgan fingerprint density at radius 1 is 1.42 bits per heavy atom. The molecule has 0 radical (unpaired) electrons. The van der Waals surface area contributed by atoms with Crippen molar-refractivity contribution in [1.82, 2.24) is 4.90 Å². The summed E-state index contributed by atoms with van der Waals surface area (Å²) < 4.78 is 5.73. The molecule has 1 N–H and O–H groups in total. The van der Waals surface area contributed by atoms with E-state index in [4.69, 9.17) is 21.0 Å². The Hall–Kier alpha value is -2.60. The van der Waals surface area contributed by atoms with E-state index in [1.165, 1.54) is 0 Å². The largest absolute Gasteiger partial charge is 0.442 e. The van der Waals surface area contributed by atoms with Crippen molar-refractivity contribution >= 4 is 41.3 Å². The number of furan rings is 1. The molecule has 0 saturated heterocycles. The Bertz CT molecular complexity index is 961. The average molecular weight is 371 g/mol. The maximum Gasteiger partial charge on any atom is 0.260 e. The van der Waals surface area contributed by atoms with E-state index in [1.807, 2.05) is 24.0 Å². The zero-order chi connectivity index (χ0) is 18.4. The van der Waals surface area contributed by atoms with Gasteiger partial charge in [0.15, 0.2) is 0 Å². The van der Waals surface area contributed by atoms with E-state index in [0.717, 1.165) is 24.4 Å². The number of benzene rings is 1. The third kappa shape index (κ3) is 2.61. The van der Waals surface area contributed by atoms with Gasteiger partial charge in [-0.3, -0.25) is 9.79 Å². The number of aliphatic imine (C=N–C) groups is 2. The number of rotatable bonds is 3. The lowest BCUT2D eigenvalue weighted by molar-refractivity contribution is 0.102. The average Bonchev–Trinajstić information content (AvgIpc) is 3.18. The molecule has 2 aliphatic rings. The van der Waals surface area contributed by atoms with Gasteiger partial charge in [0.25, 0.3) is 5.91 Å². The molecule has 0 spiro atoms. The number of anilines is 1. The van der Waals surface area contributed by atoms with Crippen LogP contribution in [0.15, 0.2) is 32.6 Å². The summed E-state index contributed by atoms with van der Waals surface area (Å²) in [7, 11) is 0. The minimum Gasteiger partial charge on any atom is -0.442 e. The van der Waals surface area contributed by atoms with Gasteiger partial charge in [-0.15, -0.1) is 0 Å². The van der Waals surface area contributed by atoms with E-state index < -0.39 is 0 Å². The summed E-state index contributed by atoms with van der Waals surface area (Å²) in [6.07, 6.45) is 2.66. The fourth-order valence-corrected chi connectivity index (χ4v) is 3.46. The second-order valence-electron chi connectivity index (χ2n) is 6.49. The minimum atomic E-state index is -0.252. The number of hydrogen-bond donors (Lipinski definition) is 1. The normalized spacial score (nSPS) is 17.8. The summed E-state index contributed by atoms with van der Waals surface area (Å²) in [6, 6.07) is 5.62. The van der Waals surface area contributed by atoms with Gasteiger partial charge in [-0.25, -0.2) is 4.99 Å². The fourth-order valence-electron chi connectivity index (χ4n) is 3.28. The first-order valence-electron chi connectivity index (χ1n) is 8.58. The number of nitrogens with one attached hydrogen (secondary N) is 1. The molecule has 2 aromatic rings. The molecule has 4 rings (SSSR count). The highest BCUT2D eigenvalue weighted by Gasteiger charge is 2.36. The van der Waals surface area contributed by atoms with Gasteiger partial charge >= 0.3 is 0 Å². The molecular formula is C19H19ClN4O2. The number of halogens is 1. The Balaban J connectivity index is 1.75. The molecule has 7 heteroatoms. The summed E-state index contributed by atoms with van der Waals surface area (Å²) >= 11 is 6.16. The third-order valence-corrected chi connectivity index (χ3v) is 5.21. The molecule has 1 amide bonds. The molecule has 0 saturated carbocycles. The number of hydrogen-bond acceptors (Lipinski definition) is 5. The second-order valence-corrected chi connectivity index (χ2v) is 6.90. The molecule has 1 aromatic heterocycles. The quantitative estimate of drug-likeness (QED) is 0.874. The first-order valence-corrected chi connectivity index (χ1v) is 8.96. The van der Waals surface area contributed by atoms with Crippen LogP contribution in [0.3, 0.4) is 0 Å². The van der Waals surface area contributed by atoms with E-state index in [0.29, 0.717) is 33.5 Å². The zero-order valence-corrected chi connectivity index (χ0v) is 15.6. The highest BCUT2D eigenvalue weighted by Crippen LogP contribution is 2.36. The third-order valence-electron chi connectivity index (χ3n) is 4.80. The Labute approximate surface area is 156 Å². The highest BCUT2D eigenvalue weighted by molar-refractivity contribution is 6.32. The van der Waals surface area contributed by atoms with Gasteiger partial charge in [-0.2, -0.15) is 0 Å². The second kappa shape index (κ2) is 6.29. The van der Waals surface area contributed by atoms with E-state index in [1.54, 1.807) is 19.3 Å². The molecule has 0 fully saturated rings. The zero-order valence-electron chi connectivity index (χ0n) is 14.8. The van der Waals surface area contributed by atoms with E-state index in [9.17, 15) is 4.79 Å². The molecule has 3 heterocycles. The lowest BCUT2D eigenvalue weighted by atomic mass is 10.1. The number of amides is 1. The Kier molecular flexibility index (Phi) is 4.07. The van der Waals surface area contributed by atoms with Crippen LogP contribution in [0.25, 0.3) is 0 Å². The molecule has 2 aliphatic heterocycles. The number of nitrogens with zero attached hydrogens (tertiary/aromatic N) is 3. The number of carbonyl (C=O) groups excluding carboxylic acids is 1. The van der Waals surface area contributed by atoms with Crippen molar-refractivity contribution in [2.45, 2.75) is 33.2 Å². The predicted octanol–water partition coefficient (Wildman–Crippen LogP) is 4.32. The van der Waals surface area contributed by atoms with E-state index in [-0.39, 0.29) is 11.9 Å². The van der Waals surface area contributed by atoms with Crippen LogP contribution in [0, 0.1) is 13.8 Å². The van der Waals surface area contributed by atoms with E-state index in [2.05, 4.69) is 17.2 Å². The first kappa shape index (κ1) is 16.8. The van der Waals surface area contributed by atoms with Crippen molar-refractivity contribution in [2.75, 3.05) is 11.9 Å². The van der Waals surface area contributed by atoms with Gasteiger partial charge in [0.05, 0.1) is 17.2 Å². The van der Waals surface area contributed by atoms with Gasteiger partial charge in [-0.1, -0.05) is 24.6 Å². The van der Waals surface area contributed by atoms with Gasteiger partial charge in [0, 0.05) is 17.3 Å². The van der Waals surface area contributed by atoms with Crippen LogP contribution in [-0.4, -0.2) is 35.6 Å². The van der Waals surface area contributed by atoms with Gasteiger partial charge in [0.1, 0.15) is 17.9 Å². The summed E-state index contributed by atoms with van der Waals surface area (Å²) in [4.78, 5) is 24.1. The number of fused-ring (bicyclic) bond motifs is 3. The lowest BCUT2D eigenvalue weighted by Crippen LogP contribution is -2.31. The number of carbonyl (C=O) groups is 1. The van der Waals surface area contributed by atoms with Crippen LogP contribution in [0.2, 0.25) is 5.02 Å². The van der Waals surface area contributed by atoms with Crippen molar-refractivity contribution in [1.29, 1.82) is 0 Å². The summed E-state index contributed by atoms with van der Waals surface area (Å²) in [5, 5.41) is 3.55. The lowest BCUT2D eigenvalue weighted by Gasteiger charge is -2.18. The molecule has 0 bridgehead atoms. The minimum absolute atomic E-state index is 0.198. The van der Waals surface area contributed by atoms with Gasteiger partial charge < -0.3 is 14.6 Å². The summed E-state index contributed by atoms with van der Waals surface area (Å²) in [5.41, 5.74) is 2.63. The van der Waals surface area contributed by atoms with Gasteiger partial charge in [0.2, 0.25) is 5.88 Å². The number of amidine groups is 1. The Morgan fingerprint density at radius 3 is 3.00 bits per heavy atom. The molecule has 6 nitrogen and oxygen atoms in total. The van der Waals surface area contributed by atoms with E-state index >= 15 is 0 Å². The van der Waals surface area contributed by atoms with Crippen LogP contribution in [0.1, 0.15) is 40.6 Å². The summed E-state index contributed by atoms with van der Waals surface area (Å²) in [6.45, 7) is 6.51. The van der Waals surface area contributed by atoms with Crippen LogP contribution >= 0.6 is 11.6 Å². The van der Waals surface area contributed by atoms with Gasteiger partial charge in [-0.05, 0) is 38.0 Å². The maximum absolute atomic E-state index is 13.0. The van der Waals surface area contributed by atoms with Crippen molar-refractivity contribution < 1.29 is 9.21 Å². The molecule has 26 heavy (non-hydrogen) atoms. The molecule has 0 unspecified atom stereocenters. The number of aryl methyl sites for hydroxylation is 1. The maximum atomic E-state index is 13.0. The fraction of sp³-hybridized carbons (Fsp3) is 0.316. The topological polar surface area (TPSA) is 70.2 Å². The van der Waals surface area contributed by atoms with Crippen molar-refractivity contribution in [3.8, 4) is 0 Å². The summed E-state index contributed by atoms with van der Waals surface area (Å²) in [5.74, 6) is 1.46. The standard InChI is InChI=1S/C19H19ClN4O2/c1-4-12-8-24-9-21-19-16(17(24)22-12)15(11(3)26-19)18(25)23-14-7-5-6-13(20)10(14)2/h5-7,9,12H,4,8H2,1-3H3,(H,23,25)/t12-/m1/s1. The van der Waals surface area contributed by atoms with Crippen LogP contribution in [0.4, 0.5) is 11.6 Å².